The van der Waals surface area contributed by atoms with Crippen LogP contribution in [0.2, 0.25) is 18.1 Å². The Morgan fingerprint density at radius 3 is 2.22 bits per heavy atom. The molecular weight excluding hydrogens is 348 g/mol. The Kier molecular flexibility index (Phi) is 11.1. The molecule has 2 nitrogen and oxygen atoms in total. The number of unbranched alkanes of at least 4 members (excludes halogenated alkanes) is 5. The molecule has 0 N–H and O–H groups in total. The molecule has 1 fully saturated rings. The minimum Gasteiger partial charge on any atom is -0.411 e. The molecule has 0 unspecified atom stereocenters. The van der Waals surface area contributed by atoms with Crippen LogP contribution in [0.25, 0.3) is 0 Å². The quantitative estimate of drug-likeness (QED) is 0.191. The topological polar surface area (TPSA) is 26.3 Å². The van der Waals surface area contributed by atoms with Crippen LogP contribution in [-0.2, 0) is 9.22 Å². The fourth-order valence-corrected chi connectivity index (χ4v) is 4.91. The molecule has 0 aromatic rings. The van der Waals surface area contributed by atoms with Crippen molar-refractivity contribution in [1.29, 1.82) is 0 Å². The molecule has 0 bridgehead atoms. The molecule has 0 aromatic heterocycles. The van der Waals surface area contributed by atoms with Crippen LogP contribution < -0.4 is 0 Å². The first-order valence-electron chi connectivity index (χ1n) is 11.6. The van der Waals surface area contributed by atoms with E-state index in [1.54, 1.807) is 0 Å². The third kappa shape index (κ3) is 9.56. The molecule has 1 aliphatic carbocycles. The van der Waals surface area contributed by atoms with Gasteiger partial charge >= 0.3 is 0 Å². The van der Waals surface area contributed by atoms with Crippen molar-refractivity contribution in [2.75, 3.05) is 0 Å². The highest BCUT2D eigenvalue weighted by molar-refractivity contribution is 6.74. The van der Waals surface area contributed by atoms with Crippen molar-refractivity contribution in [2.24, 2.45) is 5.92 Å². The number of rotatable bonds is 12. The molecule has 0 aromatic carbocycles. The van der Waals surface area contributed by atoms with Crippen LogP contribution in [0.15, 0.2) is 12.2 Å². The number of carbonyl (C=O) groups is 1. The molecule has 0 amide bonds. The van der Waals surface area contributed by atoms with Gasteiger partial charge in [-0.05, 0) is 43.5 Å². The Morgan fingerprint density at radius 1 is 1.04 bits per heavy atom. The lowest BCUT2D eigenvalue weighted by molar-refractivity contribution is -0.119. The highest BCUT2D eigenvalue weighted by Crippen LogP contribution is 2.38. The van der Waals surface area contributed by atoms with Gasteiger partial charge in [-0.25, -0.2) is 0 Å². The summed E-state index contributed by atoms with van der Waals surface area (Å²) in [6.45, 7) is 13.8. The van der Waals surface area contributed by atoms with Gasteiger partial charge in [-0.2, -0.15) is 0 Å². The fraction of sp³-hybridized carbons (Fsp3) is 0.875. The van der Waals surface area contributed by atoms with E-state index >= 15 is 0 Å². The van der Waals surface area contributed by atoms with Crippen molar-refractivity contribution < 1.29 is 9.22 Å². The van der Waals surface area contributed by atoms with Crippen LogP contribution in [0, 0.1) is 5.92 Å². The Morgan fingerprint density at radius 2 is 1.63 bits per heavy atom. The van der Waals surface area contributed by atoms with Gasteiger partial charge in [0, 0.05) is 5.92 Å². The second kappa shape index (κ2) is 12.2. The molecular formula is C24H46O2Si. The highest BCUT2D eigenvalue weighted by Gasteiger charge is 2.38. The first-order chi connectivity index (χ1) is 12.7. The number of carbonyl (C=O) groups excluding carboxylic acids is 1. The zero-order valence-electron chi connectivity index (χ0n) is 19.1. The molecule has 0 spiro atoms. The van der Waals surface area contributed by atoms with Gasteiger partial charge in [0.1, 0.15) is 0 Å². The van der Waals surface area contributed by atoms with Crippen molar-refractivity contribution in [3.8, 4) is 0 Å². The summed E-state index contributed by atoms with van der Waals surface area (Å²) in [7, 11) is -1.82. The molecule has 1 saturated carbocycles. The molecule has 3 heteroatoms. The Labute approximate surface area is 170 Å². The summed E-state index contributed by atoms with van der Waals surface area (Å²) in [5.41, 5.74) is 0. The van der Waals surface area contributed by atoms with Crippen molar-refractivity contribution >= 4 is 14.1 Å². The minimum atomic E-state index is -1.82. The first-order valence-corrected chi connectivity index (χ1v) is 14.5. The lowest BCUT2D eigenvalue weighted by Crippen LogP contribution is -2.43. The lowest BCUT2D eigenvalue weighted by Gasteiger charge is -2.38. The SMILES string of the molecule is CCCCCCCC[C@@H](/C=C/C(=O)C1CCCCC1)O[Si](C)(C)C(C)(C)C. The van der Waals surface area contributed by atoms with Crippen molar-refractivity contribution in [3.05, 3.63) is 12.2 Å². The lowest BCUT2D eigenvalue weighted by atomic mass is 9.86. The summed E-state index contributed by atoms with van der Waals surface area (Å²) in [5.74, 6) is 0.596. The fourth-order valence-electron chi connectivity index (χ4n) is 3.60. The third-order valence-electron chi connectivity index (χ3n) is 6.58. The molecule has 0 heterocycles. The van der Waals surface area contributed by atoms with Gasteiger partial charge in [0.05, 0.1) is 6.10 Å². The normalized spacial score (nSPS) is 18.1. The number of hydrogen-bond donors (Lipinski definition) is 0. The third-order valence-corrected chi connectivity index (χ3v) is 11.1. The maximum Gasteiger partial charge on any atom is 0.192 e. The standard InChI is InChI=1S/C24H46O2Si/c1-7-8-9-10-11-15-18-22(26-27(5,6)24(2,3)4)19-20-23(25)21-16-13-12-14-17-21/h19-22H,7-18H2,1-6H3/b20-19+/t22-/m0/s1. The Balaban J connectivity index is 2.62. The summed E-state index contributed by atoms with van der Waals surface area (Å²) in [6.07, 6.45) is 18.8. The molecule has 1 aliphatic rings. The van der Waals surface area contributed by atoms with Crippen LogP contribution in [0.3, 0.4) is 0 Å². The molecule has 1 atom stereocenters. The van der Waals surface area contributed by atoms with E-state index in [4.69, 9.17) is 4.43 Å². The van der Waals surface area contributed by atoms with Crippen LogP contribution in [0.1, 0.15) is 105 Å². The van der Waals surface area contributed by atoms with Gasteiger partial charge in [0.2, 0.25) is 0 Å². The van der Waals surface area contributed by atoms with E-state index in [0.717, 1.165) is 19.3 Å². The summed E-state index contributed by atoms with van der Waals surface area (Å²) < 4.78 is 6.67. The number of hydrogen-bond acceptors (Lipinski definition) is 2. The van der Waals surface area contributed by atoms with Crippen molar-refractivity contribution in [2.45, 2.75) is 129 Å². The van der Waals surface area contributed by atoms with E-state index in [1.165, 1.54) is 57.8 Å². The zero-order chi connectivity index (χ0) is 20.3. The van der Waals surface area contributed by atoms with Gasteiger partial charge in [0.15, 0.2) is 14.1 Å². The van der Waals surface area contributed by atoms with E-state index in [-0.39, 0.29) is 17.1 Å². The van der Waals surface area contributed by atoms with E-state index in [2.05, 4.69) is 46.9 Å². The predicted octanol–water partition coefficient (Wildman–Crippen LogP) is 7.83. The summed E-state index contributed by atoms with van der Waals surface area (Å²) in [5, 5.41) is 0.202. The highest BCUT2D eigenvalue weighted by atomic mass is 28.4. The van der Waals surface area contributed by atoms with E-state index in [0.29, 0.717) is 5.78 Å². The minimum absolute atomic E-state index is 0.101. The molecule has 27 heavy (non-hydrogen) atoms. The molecule has 0 aliphatic heterocycles. The first kappa shape index (κ1) is 24.6. The Hall–Kier alpha value is -0.413. The maximum atomic E-state index is 12.6. The Bertz CT molecular complexity index is 442. The molecule has 158 valence electrons. The second-order valence-corrected chi connectivity index (χ2v) is 14.8. The molecule has 0 saturated heterocycles. The largest absolute Gasteiger partial charge is 0.411 e. The van der Waals surface area contributed by atoms with Gasteiger partial charge in [-0.3, -0.25) is 4.79 Å². The predicted molar refractivity (Wildman–Crippen MR) is 121 cm³/mol. The summed E-state index contributed by atoms with van der Waals surface area (Å²) in [4.78, 5) is 12.6. The van der Waals surface area contributed by atoms with Gasteiger partial charge in [-0.15, -0.1) is 0 Å². The van der Waals surface area contributed by atoms with E-state index in [1.807, 2.05) is 6.08 Å². The van der Waals surface area contributed by atoms with Crippen LogP contribution in [-0.4, -0.2) is 20.2 Å². The van der Waals surface area contributed by atoms with Crippen molar-refractivity contribution in [3.63, 3.8) is 0 Å². The number of ketones is 1. The molecule has 0 radical (unpaired) electrons. The maximum absolute atomic E-state index is 12.6. The number of allylic oxidation sites excluding steroid dienone is 1. The van der Waals surface area contributed by atoms with Crippen LogP contribution >= 0.6 is 0 Å². The second-order valence-electron chi connectivity index (χ2n) is 10.1. The molecule has 1 rings (SSSR count). The van der Waals surface area contributed by atoms with Crippen LogP contribution in [0.5, 0.6) is 0 Å². The monoisotopic (exact) mass is 394 g/mol. The van der Waals surface area contributed by atoms with E-state index in [9.17, 15) is 4.79 Å². The summed E-state index contributed by atoms with van der Waals surface area (Å²) in [6, 6.07) is 0. The average molecular weight is 395 g/mol. The van der Waals surface area contributed by atoms with Crippen molar-refractivity contribution in [1.82, 2.24) is 0 Å². The zero-order valence-corrected chi connectivity index (χ0v) is 20.1. The summed E-state index contributed by atoms with van der Waals surface area (Å²) >= 11 is 0. The van der Waals surface area contributed by atoms with Crippen LogP contribution in [0.4, 0.5) is 0 Å². The smallest absolute Gasteiger partial charge is 0.192 e. The van der Waals surface area contributed by atoms with E-state index < -0.39 is 8.32 Å². The van der Waals surface area contributed by atoms with Gasteiger partial charge in [-0.1, -0.05) is 91.6 Å². The average Bonchev–Trinajstić information content (AvgIpc) is 2.61. The van der Waals surface area contributed by atoms with Gasteiger partial charge in [0.25, 0.3) is 0 Å². The van der Waals surface area contributed by atoms with Gasteiger partial charge < -0.3 is 4.43 Å².